The minimum absolute atomic E-state index is 0.428. The number of nitrogens with zero attached hydrogens (tertiary/aromatic N) is 1. The van der Waals surface area contributed by atoms with Crippen molar-refractivity contribution in [2.75, 3.05) is 14.1 Å². The van der Waals surface area contributed by atoms with Gasteiger partial charge in [-0.25, -0.2) is 4.79 Å². The van der Waals surface area contributed by atoms with Crippen molar-refractivity contribution in [1.29, 1.82) is 0 Å². The van der Waals surface area contributed by atoms with Crippen LogP contribution < -0.4 is 5.32 Å². The van der Waals surface area contributed by atoms with Gasteiger partial charge in [-0.05, 0) is 11.6 Å². The number of amides is 3. The average Bonchev–Trinajstić information content (AvgIpc) is 2.27. The lowest BCUT2D eigenvalue weighted by atomic mass is 10.2. The molecule has 84 valence electrons. The molecular formula is C12H14N2O2. The van der Waals surface area contributed by atoms with Crippen LogP contribution in [0.25, 0.3) is 6.08 Å². The molecule has 0 saturated heterocycles. The molecular weight excluding hydrogens is 204 g/mol. The van der Waals surface area contributed by atoms with Crippen molar-refractivity contribution < 1.29 is 9.59 Å². The Balaban J connectivity index is 2.52. The summed E-state index contributed by atoms with van der Waals surface area (Å²) >= 11 is 0. The van der Waals surface area contributed by atoms with E-state index in [1.54, 1.807) is 20.2 Å². The monoisotopic (exact) mass is 218 g/mol. The van der Waals surface area contributed by atoms with Crippen LogP contribution in [0.3, 0.4) is 0 Å². The molecule has 0 aliphatic carbocycles. The van der Waals surface area contributed by atoms with Gasteiger partial charge >= 0.3 is 6.03 Å². The number of carbonyl (C=O) groups excluding carboxylic acids is 2. The first kappa shape index (κ1) is 12.0. The lowest BCUT2D eigenvalue weighted by molar-refractivity contribution is -0.115. The number of hydrogen-bond acceptors (Lipinski definition) is 2. The third kappa shape index (κ3) is 3.96. The summed E-state index contributed by atoms with van der Waals surface area (Å²) in [5.41, 5.74) is 0.912. The van der Waals surface area contributed by atoms with Crippen LogP contribution in [-0.2, 0) is 4.79 Å². The normalized spacial score (nSPS) is 10.1. The van der Waals surface area contributed by atoms with Crippen LogP contribution in [0.2, 0.25) is 0 Å². The van der Waals surface area contributed by atoms with E-state index in [1.807, 2.05) is 30.3 Å². The molecule has 0 aliphatic rings. The largest absolute Gasteiger partial charge is 0.331 e. The van der Waals surface area contributed by atoms with E-state index in [2.05, 4.69) is 5.32 Å². The third-order valence-electron chi connectivity index (χ3n) is 1.86. The molecule has 4 nitrogen and oxygen atoms in total. The van der Waals surface area contributed by atoms with Crippen molar-refractivity contribution in [3.8, 4) is 0 Å². The minimum atomic E-state index is -0.428. The van der Waals surface area contributed by atoms with Gasteiger partial charge in [0.25, 0.3) is 5.91 Å². The third-order valence-corrected chi connectivity index (χ3v) is 1.86. The molecule has 1 aromatic rings. The zero-order valence-electron chi connectivity index (χ0n) is 9.31. The Morgan fingerprint density at radius 3 is 2.38 bits per heavy atom. The van der Waals surface area contributed by atoms with E-state index in [0.29, 0.717) is 0 Å². The second kappa shape index (κ2) is 5.70. The van der Waals surface area contributed by atoms with Crippen LogP contribution in [0.5, 0.6) is 0 Å². The van der Waals surface area contributed by atoms with E-state index in [-0.39, 0.29) is 0 Å². The Hall–Kier alpha value is -2.10. The Morgan fingerprint density at radius 1 is 1.19 bits per heavy atom. The molecule has 3 amide bonds. The molecule has 16 heavy (non-hydrogen) atoms. The lowest BCUT2D eigenvalue weighted by Gasteiger charge is -2.08. The predicted molar refractivity (Wildman–Crippen MR) is 62.7 cm³/mol. The summed E-state index contributed by atoms with van der Waals surface area (Å²) < 4.78 is 0. The summed E-state index contributed by atoms with van der Waals surface area (Å²) in [6, 6.07) is 8.97. The summed E-state index contributed by atoms with van der Waals surface area (Å²) in [6.07, 6.45) is 2.98. The van der Waals surface area contributed by atoms with Gasteiger partial charge in [-0.3, -0.25) is 10.1 Å². The summed E-state index contributed by atoms with van der Waals surface area (Å²) in [6.45, 7) is 0. The lowest BCUT2D eigenvalue weighted by Crippen LogP contribution is -2.37. The van der Waals surface area contributed by atoms with Crippen LogP contribution in [0.1, 0.15) is 5.56 Å². The highest BCUT2D eigenvalue weighted by Gasteiger charge is 2.05. The summed E-state index contributed by atoms with van der Waals surface area (Å²) in [7, 11) is 3.15. The van der Waals surface area contributed by atoms with Crippen molar-refractivity contribution in [3.05, 3.63) is 42.0 Å². The van der Waals surface area contributed by atoms with Gasteiger partial charge in [0.15, 0.2) is 0 Å². The van der Waals surface area contributed by atoms with E-state index in [9.17, 15) is 9.59 Å². The molecule has 0 aliphatic heterocycles. The molecule has 0 spiro atoms. The second-order valence-corrected chi connectivity index (χ2v) is 3.43. The van der Waals surface area contributed by atoms with Crippen molar-refractivity contribution in [2.24, 2.45) is 0 Å². The van der Waals surface area contributed by atoms with E-state index >= 15 is 0 Å². The molecule has 1 N–H and O–H groups in total. The van der Waals surface area contributed by atoms with Crippen LogP contribution in [0.15, 0.2) is 36.4 Å². The number of carbonyl (C=O) groups is 2. The average molecular weight is 218 g/mol. The Labute approximate surface area is 94.6 Å². The number of rotatable bonds is 2. The van der Waals surface area contributed by atoms with Gasteiger partial charge in [0.05, 0.1) is 0 Å². The molecule has 4 heteroatoms. The van der Waals surface area contributed by atoms with Crippen molar-refractivity contribution in [3.63, 3.8) is 0 Å². The van der Waals surface area contributed by atoms with Gasteiger partial charge in [0, 0.05) is 20.2 Å². The quantitative estimate of drug-likeness (QED) is 0.765. The van der Waals surface area contributed by atoms with Gasteiger partial charge in [-0.15, -0.1) is 0 Å². The number of benzene rings is 1. The molecule has 0 unspecified atom stereocenters. The first-order valence-corrected chi connectivity index (χ1v) is 4.85. The Bertz CT molecular complexity index is 397. The fraction of sp³-hybridized carbons (Fsp3) is 0.167. The second-order valence-electron chi connectivity index (χ2n) is 3.43. The highest BCUT2D eigenvalue weighted by molar-refractivity contribution is 6.02. The molecule has 0 radical (unpaired) electrons. The molecule has 0 heterocycles. The number of urea groups is 1. The molecule has 0 saturated carbocycles. The molecule has 0 aromatic heterocycles. The van der Waals surface area contributed by atoms with Crippen LogP contribution in [-0.4, -0.2) is 30.9 Å². The topological polar surface area (TPSA) is 49.4 Å². The zero-order chi connectivity index (χ0) is 12.0. The SMILES string of the molecule is CN(C)C(=O)NC(=O)/C=C/c1ccccc1. The standard InChI is InChI=1S/C12H14N2O2/c1-14(2)12(16)13-11(15)9-8-10-6-4-3-5-7-10/h3-9H,1-2H3,(H,13,15,16)/b9-8+. The van der Waals surface area contributed by atoms with Crippen molar-refractivity contribution in [2.45, 2.75) is 0 Å². The smallest absolute Gasteiger partial charge is 0.323 e. The van der Waals surface area contributed by atoms with Gasteiger partial charge in [-0.2, -0.15) is 0 Å². The minimum Gasteiger partial charge on any atom is -0.331 e. The Morgan fingerprint density at radius 2 is 1.81 bits per heavy atom. The maximum atomic E-state index is 11.3. The molecule has 0 bridgehead atoms. The summed E-state index contributed by atoms with van der Waals surface area (Å²) in [4.78, 5) is 23.7. The predicted octanol–water partition coefficient (Wildman–Crippen LogP) is 1.50. The highest BCUT2D eigenvalue weighted by Crippen LogP contribution is 2.00. The maximum absolute atomic E-state index is 11.3. The first-order valence-electron chi connectivity index (χ1n) is 4.85. The van der Waals surface area contributed by atoms with Crippen molar-refractivity contribution >= 4 is 18.0 Å². The van der Waals surface area contributed by atoms with Crippen molar-refractivity contribution in [1.82, 2.24) is 10.2 Å². The number of nitrogens with one attached hydrogen (secondary N) is 1. The van der Waals surface area contributed by atoms with E-state index in [1.165, 1.54) is 11.0 Å². The van der Waals surface area contributed by atoms with Gasteiger partial charge in [-0.1, -0.05) is 30.3 Å². The molecule has 0 fully saturated rings. The van der Waals surface area contributed by atoms with Crippen LogP contribution in [0, 0.1) is 0 Å². The van der Waals surface area contributed by atoms with Gasteiger partial charge < -0.3 is 4.90 Å². The molecule has 0 atom stereocenters. The van der Waals surface area contributed by atoms with Gasteiger partial charge in [0.2, 0.25) is 0 Å². The van der Waals surface area contributed by atoms with E-state index in [4.69, 9.17) is 0 Å². The highest BCUT2D eigenvalue weighted by atomic mass is 16.2. The summed E-state index contributed by atoms with van der Waals surface area (Å²) in [5, 5.41) is 2.21. The first-order chi connectivity index (χ1) is 7.59. The van der Waals surface area contributed by atoms with E-state index < -0.39 is 11.9 Å². The fourth-order valence-corrected chi connectivity index (χ4v) is 0.995. The maximum Gasteiger partial charge on any atom is 0.323 e. The number of imide groups is 1. The van der Waals surface area contributed by atoms with Crippen LogP contribution >= 0.6 is 0 Å². The summed E-state index contributed by atoms with van der Waals surface area (Å²) in [5.74, 6) is -0.428. The molecule has 1 rings (SSSR count). The molecule has 1 aromatic carbocycles. The number of hydrogen-bond donors (Lipinski definition) is 1. The van der Waals surface area contributed by atoms with Crippen LogP contribution in [0.4, 0.5) is 4.79 Å². The Kier molecular flexibility index (Phi) is 4.27. The van der Waals surface area contributed by atoms with E-state index in [0.717, 1.165) is 5.56 Å². The zero-order valence-corrected chi connectivity index (χ0v) is 9.31. The van der Waals surface area contributed by atoms with Gasteiger partial charge in [0.1, 0.15) is 0 Å². The fourth-order valence-electron chi connectivity index (χ4n) is 0.995.